The van der Waals surface area contributed by atoms with Crippen LogP contribution < -0.4 is 0 Å². The molecule has 2 aromatic rings. The fraction of sp³-hybridized carbons (Fsp3) is 0.231. The summed E-state index contributed by atoms with van der Waals surface area (Å²) in [7, 11) is 0. The minimum absolute atomic E-state index is 0.0324. The third-order valence-corrected chi connectivity index (χ3v) is 2.65. The van der Waals surface area contributed by atoms with Crippen LogP contribution >= 0.6 is 0 Å². The van der Waals surface area contributed by atoms with E-state index in [1.54, 1.807) is 6.07 Å². The maximum atomic E-state index is 9.71. The number of fused-ring (bicyclic) bond motifs is 1. The largest absolute Gasteiger partial charge is 0.504 e. The maximum absolute atomic E-state index is 9.71. The van der Waals surface area contributed by atoms with Gasteiger partial charge in [0.15, 0.2) is 11.5 Å². The lowest BCUT2D eigenvalue weighted by atomic mass is 9.95. The smallest absolute Gasteiger partial charge is 0.165 e. The second-order valence-electron chi connectivity index (χ2n) is 4.03. The normalized spacial score (nSPS) is 11.1. The minimum atomic E-state index is -0.0441. The first kappa shape index (κ1) is 9.84. The lowest BCUT2D eigenvalue weighted by molar-refractivity contribution is 0.407. The van der Waals surface area contributed by atoms with Gasteiger partial charge in [-0.05, 0) is 22.9 Å². The summed E-state index contributed by atoms with van der Waals surface area (Å²) >= 11 is 0. The van der Waals surface area contributed by atoms with E-state index in [1.165, 1.54) is 0 Å². The molecule has 2 N–H and O–H groups in total. The van der Waals surface area contributed by atoms with Crippen LogP contribution in [0.4, 0.5) is 0 Å². The highest BCUT2D eigenvalue weighted by molar-refractivity contribution is 5.93. The van der Waals surface area contributed by atoms with E-state index in [0.29, 0.717) is 11.3 Å². The van der Waals surface area contributed by atoms with Crippen molar-refractivity contribution in [1.29, 1.82) is 0 Å². The summed E-state index contributed by atoms with van der Waals surface area (Å²) in [4.78, 5) is 0. The number of hydrogen-bond acceptors (Lipinski definition) is 2. The van der Waals surface area contributed by atoms with Crippen LogP contribution in [0.15, 0.2) is 30.3 Å². The van der Waals surface area contributed by atoms with Gasteiger partial charge in [-0.3, -0.25) is 0 Å². The Hall–Kier alpha value is -1.70. The van der Waals surface area contributed by atoms with E-state index in [2.05, 4.69) is 13.8 Å². The highest BCUT2D eigenvalue weighted by Crippen LogP contribution is 2.38. The molecule has 0 amide bonds. The molecule has 0 aromatic heterocycles. The van der Waals surface area contributed by atoms with Crippen molar-refractivity contribution in [2.45, 2.75) is 19.8 Å². The van der Waals surface area contributed by atoms with Gasteiger partial charge in [-0.15, -0.1) is 0 Å². The molecule has 2 aromatic carbocycles. The van der Waals surface area contributed by atoms with Gasteiger partial charge in [0, 0.05) is 5.39 Å². The highest BCUT2D eigenvalue weighted by Gasteiger charge is 2.11. The zero-order chi connectivity index (χ0) is 11.0. The molecule has 0 atom stereocenters. The molecule has 0 aliphatic heterocycles. The summed E-state index contributed by atoms with van der Waals surface area (Å²) in [6, 6.07) is 9.21. The summed E-state index contributed by atoms with van der Waals surface area (Å²) in [5.41, 5.74) is 1.06. The van der Waals surface area contributed by atoms with Gasteiger partial charge in [0.05, 0.1) is 0 Å². The molecule has 0 aliphatic carbocycles. The molecule has 15 heavy (non-hydrogen) atoms. The zero-order valence-corrected chi connectivity index (χ0v) is 8.86. The van der Waals surface area contributed by atoms with Gasteiger partial charge in [0.2, 0.25) is 0 Å². The third kappa shape index (κ3) is 1.52. The molecule has 0 fully saturated rings. The molecular formula is C13H14O2. The van der Waals surface area contributed by atoms with E-state index in [4.69, 9.17) is 0 Å². The van der Waals surface area contributed by atoms with Crippen LogP contribution in [0, 0.1) is 0 Å². The van der Waals surface area contributed by atoms with Gasteiger partial charge in [0.1, 0.15) is 0 Å². The average Bonchev–Trinajstić information content (AvgIpc) is 2.23. The lowest BCUT2D eigenvalue weighted by Gasteiger charge is -2.12. The van der Waals surface area contributed by atoms with E-state index in [9.17, 15) is 10.2 Å². The van der Waals surface area contributed by atoms with Crippen molar-refractivity contribution in [3.8, 4) is 11.5 Å². The van der Waals surface area contributed by atoms with Gasteiger partial charge in [0.25, 0.3) is 0 Å². The molecule has 0 heterocycles. The molecule has 2 heteroatoms. The first-order valence-electron chi connectivity index (χ1n) is 5.05. The molecule has 0 spiro atoms. The van der Waals surface area contributed by atoms with Crippen molar-refractivity contribution in [1.82, 2.24) is 0 Å². The van der Waals surface area contributed by atoms with Crippen LogP contribution in [0.2, 0.25) is 0 Å². The Labute approximate surface area is 88.8 Å². The first-order valence-corrected chi connectivity index (χ1v) is 5.05. The van der Waals surface area contributed by atoms with Crippen LogP contribution in [0.3, 0.4) is 0 Å². The van der Waals surface area contributed by atoms with E-state index in [-0.39, 0.29) is 11.5 Å². The molecule has 0 saturated carbocycles. The molecule has 0 radical (unpaired) electrons. The van der Waals surface area contributed by atoms with Crippen molar-refractivity contribution >= 4 is 10.8 Å². The predicted molar refractivity (Wildman–Crippen MR) is 61.4 cm³/mol. The van der Waals surface area contributed by atoms with E-state index >= 15 is 0 Å². The Morgan fingerprint density at radius 2 is 1.60 bits per heavy atom. The fourth-order valence-electron chi connectivity index (χ4n) is 1.85. The molecule has 78 valence electrons. The number of aromatic hydroxyl groups is 2. The van der Waals surface area contributed by atoms with Gasteiger partial charge >= 0.3 is 0 Å². The Morgan fingerprint density at radius 1 is 1.00 bits per heavy atom. The topological polar surface area (TPSA) is 40.5 Å². The van der Waals surface area contributed by atoms with Crippen molar-refractivity contribution in [3.63, 3.8) is 0 Å². The molecule has 2 rings (SSSR count). The van der Waals surface area contributed by atoms with E-state index in [0.717, 1.165) is 10.9 Å². The molecule has 0 aliphatic rings. The van der Waals surface area contributed by atoms with E-state index in [1.807, 2.05) is 24.3 Å². The standard InChI is InChI=1S/C13H14O2/c1-8(2)11-7-12(14)13(15)10-6-4-3-5-9(10)11/h3-8,14-15H,1-2H3. The predicted octanol–water partition coefficient (Wildman–Crippen LogP) is 3.37. The van der Waals surface area contributed by atoms with Crippen LogP contribution in [0.25, 0.3) is 10.8 Å². The zero-order valence-electron chi connectivity index (χ0n) is 8.86. The van der Waals surface area contributed by atoms with Crippen molar-refractivity contribution in [2.24, 2.45) is 0 Å². The molecule has 0 bridgehead atoms. The maximum Gasteiger partial charge on any atom is 0.165 e. The third-order valence-electron chi connectivity index (χ3n) is 2.65. The summed E-state index contributed by atoms with van der Waals surface area (Å²) < 4.78 is 0. The number of rotatable bonds is 1. The second-order valence-corrected chi connectivity index (χ2v) is 4.03. The van der Waals surface area contributed by atoms with Crippen molar-refractivity contribution in [2.75, 3.05) is 0 Å². The summed E-state index contributed by atoms with van der Waals surface area (Å²) in [6.45, 7) is 4.14. The van der Waals surface area contributed by atoms with Crippen LogP contribution in [0.1, 0.15) is 25.3 Å². The molecule has 2 nitrogen and oxygen atoms in total. The summed E-state index contributed by atoms with van der Waals surface area (Å²) in [5, 5.41) is 21.0. The lowest BCUT2D eigenvalue weighted by Crippen LogP contribution is -1.89. The number of phenolic OH excluding ortho intramolecular Hbond substituents is 2. The van der Waals surface area contributed by atoms with Crippen LogP contribution in [0.5, 0.6) is 11.5 Å². The number of phenols is 2. The van der Waals surface area contributed by atoms with E-state index < -0.39 is 0 Å². The Morgan fingerprint density at radius 3 is 2.20 bits per heavy atom. The Bertz CT molecular complexity index is 501. The van der Waals surface area contributed by atoms with Crippen molar-refractivity contribution < 1.29 is 10.2 Å². The number of hydrogen-bond donors (Lipinski definition) is 2. The quantitative estimate of drug-likeness (QED) is 0.696. The van der Waals surface area contributed by atoms with Gasteiger partial charge in [-0.25, -0.2) is 0 Å². The molecular weight excluding hydrogens is 188 g/mol. The van der Waals surface area contributed by atoms with Gasteiger partial charge in [-0.1, -0.05) is 38.1 Å². The van der Waals surface area contributed by atoms with Gasteiger partial charge < -0.3 is 10.2 Å². The Kier molecular flexibility index (Phi) is 2.27. The van der Waals surface area contributed by atoms with Crippen LogP contribution in [-0.4, -0.2) is 10.2 Å². The van der Waals surface area contributed by atoms with Crippen LogP contribution in [-0.2, 0) is 0 Å². The minimum Gasteiger partial charge on any atom is -0.504 e. The molecule has 0 saturated heterocycles. The molecule has 0 unspecified atom stereocenters. The second kappa shape index (κ2) is 3.46. The Balaban J connectivity index is 2.88. The SMILES string of the molecule is CC(C)c1cc(O)c(O)c2ccccc12. The summed E-state index contributed by atoms with van der Waals surface area (Å²) in [6.07, 6.45) is 0. The monoisotopic (exact) mass is 202 g/mol. The number of benzene rings is 2. The van der Waals surface area contributed by atoms with Crippen molar-refractivity contribution in [3.05, 3.63) is 35.9 Å². The highest BCUT2D eigenvalue weighted by atomic mass is 16.3. The summed E-state index contributed by atoms with van der Waals surface area (Å²) in [5.74, 6) is 0.244. The van der Waals surface area contributed by atoms with Gasteiger partial charge in [-0.2, -0.15) is 0 Å². The first-order chi connectivity index (χ1) is 7.11. The average molecular weight is 202 g/mol. The fourth-order valence-corrected chi connectivity index (χ4v) is 1.85.